The molecule has 9 heteroatoms. The smallest absolute Gasteiger partial charge is 0.339 e. The van der Waals surface area contributed by atoms with Crippen molar-refractivity contribution in [1.29, 1.82) is 0 Å². The van der Waals surface area contributed by atoms with Crippen molar-refractivity contribution in [3.8, 4) is 11.5 Å². The van der Waals surface area contributed by atoms with Crippen LogP contribution >= 0.6 is 0 Å². The Bertz CT molecular complexity index is 1100. The van der Waals surface area contributed by atoms with Crippen molar-refractivity contribution in [2.75, 3.05) is 11.1 Å². The molecule has 1 amide bonds. The molecule has 9 nitrogen and oxygen atoms in total. The molecule has 0 aromatic heterocycles. The van der Waals surface area contributed by atoms with Gasteiger partial charge in [-0.15, -0.1) is 0 Å². The molecule has 31 heavy (non-hydrogen) atoms. The van der Waals surface area contributed by atoms with Crippen LogP contribution in [0.1, 0.15) is 17.3 Å². The van der Waals surface area contributed by atoms with Crippen LogP contribution in [0, 0.1) is 10.1 Å². The van der Waals surface area contributed by atoms with E-state index in [1.807, 2.05) is 30.3 Å². The average Bonchev–Trinajstić information content (AvgIpc) is 2.75. The van der Waals surface area contributed by atoms with Gasteiger partial charge in [0.05, 0.1) is 10.5 Å². The van der Waals surface area contributed by atoms with Crippen LogP contribution in [0.3, 0.4) is 0 Å². The number of carbonyl (C=O) groups excluding carboxylic acids is 2. The third-order valence-electron chi connectivity index (χ3n) is 4.22. The number of ether oxygens (including phenoxy) is 2. The molecule has 3 N–H and O–H groups in total. The van der Waals surface area contributed by atoms with Crippen LogP contribution in [0.5, 0.6) is 11.5 Å². The summed E-state index contributed by atoms with van der Waals surface area (Å²) < 4.78 is 10.8. The van der Waals surface area contributed by atoms with Gasteiger partial charge in [-0.05, 0) is 55.5 Å². The minimum Gasteiger partial charge on any atom is -0.457 e. The zero-order valence-corrected chi connectivity index (χ0v) is 16.5. The highest BCUT2D eigenvalue weighted by atomic mass is 16.6. The van der Waals surface area contributed by atoms with E-state index >= 15 is 0 Å². The predicted octanol–water partition coefficient (Wildman–Crippen LogP) is 4.15. The first-order valence-corrected chi connectivity index (χ1v) is 9.22. The van der Waals surface area contributed by atoms with Crippen molar-refractivity contribution >= 4 is 28.9 Å². The molecule has 158 valence electrons. The van der Waals surface area contributed by atoms with Crippen LogP contribution < -0.4 is 15.8 Å². The summed E-state index contributed by atoms with van der Waals surface area (Å²) in [6, 6.07) is 19.4. The predicted molar refractivity (Wildman–Crippen MR) is 114 cm³/mol. The van der Waals surface area contributed by atoms with Gasteiger partial charge in [0.15, 0.2) is 6.10 Å². The van der Waals surface area contributed by atoms with Crippen LogP contribution in [0.15, 0.2) is 72.8 Å². The van der Waals surface area contributed by atoms with E-state index in [1.54, 1.807) is 24.3 Å². The van der Waals surface area contributed by atoms with E-state index in [1.165, 1.54) is 19.1 Å². The fourth-order valence-corrected chi connectivity index (χ4v) is 2.59. The van der Waals surface area contributed by atoms with Crippen LogP contribution in [0.25, 0.3) is 0 Å². The van der Waals surface area contributed by atoms with Crippen molar-refractivity contribution in [3.63, 3.8) is 0 Å². The number of anilines is 2. The van der Waals surface area contributed by atoms with E-state index in [-0.39, 0.29) is 11.3 Å². The fourth-order valence-electron chi connectivity index (χ4n) is 2.59. The number of benzene rings is 3. The van der Waals surface area contributed by atoms with Crippen molar-refractivity contribution in [3.05, 3.63) is 88.5 Å². The Morgan fingerprint density at radius 3 is 2.29 bits per heavy atom. The molecule has 0 aliphatic carbocycles. The SMILES string of the molecule is CC(OC(=O)c1ccc(N)c([N+](=O)[O-])c1)C(=O)Nc1ccc(Oc2ccccc2)cc1. The standard InChI is InChI=1S/C22H19N3O6/c1-14(30-22(27)15-7-12-19(23)20(13-15)25(28)29)21(26)24-16-8-10-18(11-9-16)31-17-5-3-2-4-6-17/h2-14H,23H2,1H3,(H,24,26). The summed E-state index contributed by atoms with van der Waals surface area (Å²) in [5.41, 5.74) is 5.43. The first-order chi connectivity index (χ1) is 14.8. The molecule has 0 fully saturated rings. The van der Waals surface area contributed by atoms with Gasteiger partial charge in [-0.1, -0.05) is 18.2 Å². The highest BCUT2D eigenvalue weighted by molar-refractivity contribution is 5.97. The molecule has 0 heterocycles. The second kappa shape index (κ2) is 9.40. The first kappa shape index (κ1) is 21.3. The Hall–Kier alpha value is -4.40. The second-order valence-corrected chi connectivity index (χ2v) is 6.51. The molecule has 1 atom stereocenters. The van der Waals surface area contributed by atoms with Crippen LogP contribution in [0.2, 0.25) is 0 Å². The zero-order valence-electron chi connectivity index (χ0n) is 16.5. The monoisotopic (exact) mass is 421 g/mol. The summed E-state index contributed by atoms with van der Waals surface area (Å²) >= 11 is 0. The summed E-state index contributed by atoms with van der Waals surface area (Å²) in [6.07, 6.45) is -1.13. The molecule has 0 spiro atoms. The van der Waals surface area contributed by atoms with E-state index < -0.39 is 28.6 Å². The average molecular weight is 421 g/mol. The first-order valence-electron chi connectivity index (χ1n) is 9.22. The number of rotatable bonds is 7. The Balaban J connectivity index is 1.58. The number of hydrogen-bond donors (Lipinski definition) is 2. The van der Waals surface area contributed by atoms with Crippen LogP contribution in [0.4, 0.5) is 17.1 Å². The van der Waals surface area contributed by atoms with E-state index in [0.717, 1.165) is 6.07 Å². The highest BCUT2D eigenvalue weighted by Gasteiger charge is 2.21. The summed E-state index contributed by atoms with van der Waals surface area (Å²) in [7, 11) is 0. The number of para-hydroxylation sites is 1. The maximum atomic E-state index is 12.3. The summed E-state index contributed by atoms with van der Waals surface area (Å²) in [5.74, 6) is -0.163. The number of nitrogen functional groups attached to an aromatic ring is 1. The third kappa shape index (κ3) is 5.57. The Morgan fingerprint density at radius 2 is 1.65 bits per heavy atom. The van der Waals surface area contributed by atoms with Gasteiger partial charge < -0.3 is 20.5 Å². The molecular formula is C22H19N3O6. The van der Waals surface area contributed by atoms with Gasteiger partial charge in [0.1, 0.15) is 17.2 Å². The molecule has 3 rings (SSSR count). The van der Waals surface area contributed by atoms with Gasteiger partial charge in [0.25, 0.3) is 11.6 Å². The van der Waals surface area contributed by atoms with Gasteiger partial charge in [-0.2, -0.15) is 0 Å². The molecule has 3 aromatic carbocycles. The lowest BCUT2D eigenvalue weighted by atomic mass is 10.2. The number of carbonyl (C=O) groups is 2. The zero-order chi connectivity index (χ0) is 22.4. The highest BCUT2D eigenvalue weighted by Crippen LogP contribution is 2.24. The van der Waals surface area contributed by atoms with E-state index in [2.05, 4.69) is 5.32 Å². The molecule has 0 radical (unpaired) electrons. The molecule has 0 aliphatic heterocycles. The lowest BCUT2D eigenvalue weighted by Gasteiger charge is -2.14. The van der Waals surface area contributed by atoms with Crippen molar-refractivity contribution < 1.29 is 24.0 Å². The number of nitrogens with zero attached hydrogens (tertiary/aromatic N) is 1. The van der Waals surface area contributed by atoms with Gasteiger partial charge in [-0.25, -0.2) is 4.79 Å². The molecule has 0 saturated heterocycles. The van der Waals surface area contributed by atoms with Gasteiger partial charge in [0.2, 0.25) is 0 Å². The molecule has 0 bridgehead atoms. The maximum Gasteiger partial charge on any atom is 0.339 e. The maximum absolute atomic E-state index is 12.3. The minimum atomic E-state index is -1.13. The minimum absolute atomic E-state index is 0.0768. The molecular weight excluding hydrogens is 402 g/mol. The van der Waals surface area contributed by atoms with Crippen molar-refractivity contribution in [2.45, 2.75) is 13.0 Å². The lowest BCUT2D eigenvalue weighted by molar-refractivity contribution is -0.383. The van der Waals surface area contributed by atoms with Gasteiger partial charge in [0, 0.05) is 11.8 Å². The summed E-state index contributed by atoms with van der Waals surface area (Å²) in [6.45, 7) is 1.39. The number of nitro benzene ring substituents is 1. The third-order valence-corrected chi connectivity index (χ3v) is 4.22. The summed E-state index contributed by atoms with van der Waals surface area (Å²) in [4.78, 5) is 34.8. The van der Waals surface area contributed by atoms with Gasteiger partial charge >= 0.3 is 5.97 Å². The molecule has 0 aliphatic rings. The number of amides is 1. The fraction of sp³-hybridized carbons (Fsp3) is 0.0909. The quantitative estimate of drug-likeness (QED) is 0.253. The number of nitrogens with two attached hydrogens (primary N) is 1. The normalized spacial score (nSPS) is 11.3. The van der Waals surface area contributed by atoms with Crippen LogP contribution in [-0.2, 0) is 9.53 Å². The van der Waals surface area contributed by atoms with Gasteiger partial charge in [-0.3, -0.25) is 14.9 Å². The van der Waals surface area contributed by atoms with E-state index in [4.69, 9.17) is 15.2 Å². The number of nitrogens with one attached hydrogen (secondary N) is 1. The number of esters is 1. The Morgan fingerprint density at radius 1 is 1.00 bits per heavy atom. The molecule has 1 unspecified atom stereocenters. The largest absolute Gasteiger partial charge is 0.457 e. The Labute approximate surface area is 177 Å². The topological polar surface area (TPSA) is 134 Å². The molecule has 0 saturated carbocycles. The van der Waals surface area contributed by atoms with Crippen LogP contribution in [-0.4, -0.2) is 22.9 Å². The number of hydrogen-bond acceptors (Lipinski definition) is 7. The van der Waals surface area contributed by atoms with E-state index in [0.29, 0.717) is 17.2 Å². The molecule has 3 aromatic rings. The van der Waals surface area contributed by atoms with Crippen molar-refractivity contribution in [2.24, 2.45) is 0 Å². The van der Waals surface area contributed by atoms with E-state index in [9.17, 15) is 19.7 Å². The second-order valence-electron chi connectivity index (χ2n) is 6.51. The van der Waals surface area contributed by atoms with Crippen molar-refractivity contribution in [1.82, 2.24) is 0 Å². The lowest BCUT2D eigenvalue weighted by Crippen LogP contribution is -2.30. The Kier molecular flexibility index (Phi) is 6.46. The number of nitro groups is 1. The summed E-state index contributed by atoms with van der Waals surface area (Å²) in [5, 5.41) is 13.6.